The number of hydrogen-bond donors (Lipinski definition) is 1. The number of sulfonamides is 1. The maximum Gasteiger partial charge on any atom is 0.318 e. The zero-order valence-corrected chi connectivity index (χ0v) is 12.8. The van der Waals surface area contributed by atoms with Crippen molar-refractivity contribution in [2.75, 3.05) is 12.3 Å². The molecule has 6 heteroatoms. The van der Waals surface area contributed by atoms with Gasteiger partial charge in [-0.1, -0.05) is 32.1 Å². The van der Waals surface area contributed by atoms with Gasteiger partial charge in [0.25, 0.3) is 0 Å². The van der Waals surface area contributed by atoms with Crippen LogP contribution in [0.4, 0.5) is 0 Å². The Hall–Kier alpha value is -0.620. The molecule has 2 fully saturated rings. The van der Waals surface area contributed by atoms with Crippen LogP contribution in [0, 0.1) is 5.92 Å². The van der Waals surface area contributed by atoms with Gasteiger partial charge in [-0.25, -0.2) is 8.42 Å². The summed E-state index contributed by atoms with van der Waals surface area (Å²) in [5, 5.41) is 9.01. The van der Waals surface area contributed by atoms with E-state index in [4.69, 9.17) is 5.11 Å². The zero-order valence-electron chi connectivity index (χ0n) is 12.0. The molecule has 2 aliphatic rings. The lowest BCUT2D eigenvalue weighted by Crippen LogP contribution is -2.44. The van der Waals surface area contributed by atoms with Crippen molar-refractivity contribution >= 4 is 16.0 Å². The van der Waals surface area contributed by atoms with E-state index in [1.165, 1.54) is 10.7 Å². The van der Waals surface area contributed by atoms with Crippen molar-refractivity contribution in [3.05, 3.63) is 0 Å². The molecule has 0 aromatic carbocycles. The number of hydrogen-bond acceptors (Lipinski definition) is 3. The summed E-state index contributed by atoms with van der Waals surface area (Å²) in [6.07, 6.45) is 8.92. The molecule has 0 heterocycles. The fourth-order valence-electron chi connectivity index (χ4n) is 3.53. The van der Waals surface area contributed by atoms with Gasteiger partial charge in [-0.2, -0.15) is 4.31 Å². The molecule has 0 bridgehead atoms. The lowest BCUT2D eigenvalue weighted by Gasteiger charge is -2.29. The van der Waals surface area contributed by atoms with E-state index >= 15 is 0 Å². The quantitative estimate of drug-likeness (QED) is 0.816. The van der Waals surface area contributed by atoms with Crippen LogP contribution in [0.25, 0.3) is 0 Å². The Morgan fingerprint density at radius 1 is 1.00 bits per heavy atom. The maximum absolute atomic E-state index is 12.6. The van der Waals surface area contributed by atoms with Crippen molar-refractivity contribution < 1.29 is 18.3 Å². The fraction of sp³-hybridized carbons (Fsp3) is 0.929. The molecule has 2 aliphatic carbocycles. The van der Waals surface area contributed by atoms with Crippen molar-refractivity contribution in [2.45, 2.75) is 63.8 Å². The van der Waals surface area contributed by atoms with Crippen molar-refractivity contribution in [3.8, 4) is 0 Å². The largest absolute Gasteiger partial charge is 0.480 e. The minimum Gasteiger partial charge on any atom is -0.480 e. The molecule has 0 aromatic rings. The van der Waals surface area contributed by atoms with Gasteiger partial charge in [0.1, 0.15) is 6.54 Å². The van der Waals surface area contributed by atoms with Crippen molar-refractivity contribution in [1.82, 2.24) is 4.31 Å². The first-order valence-electron chi connectivity index (χ1n) is 7.70. The molecule has 0 saturated heterocycles. The number of carboxylic acid groups (broad SMARTS) is 1. The zero-order chi connectivity index (χ0) is 14.6. The van der Waals surface area contributed by atoms with Crippen LogP contribution < -0.4 is 0 Å². The average molecular weight is 303 g/mol. The molecule has 0 radical (unpaired) electrons. The Kier molecular flexibility index (Phi) is 5.43. The van der Waals surface area contributed by atoms with E-state index in [0.717, 1.165) is 51.4 Å². The van der Waals surface area contributed by atoms with Gasteiger partial charge in [-0.05, 0) is 31.6 Å². The first-order valence-corrected chi connectivity index (χ1v) is 9.31. The van der Waals surface area contributed by atoms with Gasteiger partial charge in [-0.15, -0.1) is 0 Å². The fourth-order valence-corrected chi connectivity index (χ4v) is 5.62. The Labute approximate surface area is 121 Å². The molecule has 1 N–H and O–H groups in total. The van der Waals surface area contributed by atoms with Gasteiger partial charge in [-0.3, -0.25) is 4.79 Å². The third-order valence-electron chi connectivity index (χ3n) is 4.55. The van der Waals surface area contributed by atoms with E-state index < -0.39 is 16.0 Å². The first kappa shape index (κ1) is 15.8. The Morgan fingerprint density at radius 2 is 1.55 bits per heavy atom. The van der Waals surface area contributed by atoms with Gasteiger partial charge in [0.05, 0.1) is 5.75 Å². The summed E-state index contributed by atoms with van der Waals surface area (Å²) in [4.78, 5) is 11.0. The summed E-state index contributed by atoms with van der Waals surface area (Å²) < 4.78 is 26.4. The molecular formula is C14H25NO4S. The molecule has 5 nitrogen and oxygen atoms in total. The monoisotopic (exact) mass is 303 g/mol. The second-order valence-electron chi connectivity index (χ2n) is 6.16. The van der Waals surface area contributed by atoms with Crippen LogP contribution >= 0.6 is 0 Å². The van der Waals surface area contributed by atoms with Crippen molar-refractivity contribution in [3.63, 3.8) is 0 Å². The van der Waals surface area contributed by atoms with E-state index in [-0.39, 0.29) is 24.3 Å². The highest BCUT2D eigenvalue weighted by Crippen LogP contribution is 2.29. The normalized spacial score (nSPS) is 22.4. The number of carboxylic acids is 1. The van der Waals surface area contributed by atoms with Gasteiger partial charge in [0.2, 0.25) is 10.0 Å². The molecule has 0 aliphatic heterocycles. The highest BCUT2D eigenvalue weighted by molar-refractivity contribution is 7.89. The molecule has 0 spiro atoms. The molecule has 2 saturated carbocycles. The van der Waals surface area contributed by atoms with Crippen molar-refractivity contribution in [2.24, 2.45) is 5.92 Å². The SMILES string of the molecule is O=C(O)CN(C1CCCC1)S(=O)(=O)CC1CCCCC1. The molecule has 2 rings (SSSR count). The number of nitrogens with zero attached hydrogens (tertiary/aromatic N) is 1. The summed E-state index contributed by atoms with van der Waals surface area (Å²) in [5.74, 6) is -0.702. The second-order valence-corrected chi connectivity index (χ2v) is 8.13. The number of rotatable bonds is 6. The predicted molar refractivity (Wildman–Crippen MR) is 77.0 cm³/mol. The maximum atomic E-state index is 12.6. The van der Waals surface area contributed by atoms with Crippen LogP contribution in [0.1, 0.15) is 57.8 Å². The highest BCUT2D eigenvalue weighted by atomic mass is 32.2. The lowest BCUT2D eigenvalue weighted by molar-refractivity contribution is -0.137. The van der Waals surface area contributed by atoms with Crippen molar-refractivity contribution in [1.29, 1.82) is 0 Å². The van der Waals surface area contributed by atoms with Crippen LogP contribution in [0.2, 0.25) is 0 Å². The van der Waals surface area contributed by atoms with Crippen LogP contribution in [0.15, 0.2) is 0 Å². The summed E-state index contributed by atoms with van der Waals surface area (Å²) in [7, 11) is -3.45. The minimum atomic E-state index is -3.45. The molecule has 0 aromatic heterocycles. The minimum absolute atomic E-state index is 0.0975. The third kappa shape index (κ3) is 4.19. The Bertz CT molecular complexity index is 422. The smallest absolute Gasteiger partial charge is 0.318 e. The number of carbonyl (C=O) groups is 1. The van der Waals surface area contributed by atoms with Crippen LogP contribution in [0.5, 0.6) is 0 Å². The Morgan fingerprint density at radius 3 is 2.10 bits per heavy atom. The molecule has 0 amide bonds. The van der Waals surface area contributed by atoms with Crippen LogP contribution in [0.3, 0.4) is 0 Å². The third-order valence-corrected chi connectivity index (χ3v) is 6.59. The van der Waals surface area contributed by atoms with Gasteiger partial charge in [0, 0.05) is 6.04 Å². The molecule has 116 valence electrons. The van der Waals surface area contributed by atoms with Gasteiger partial charge >= 0.3 is 5.97 Å². The summed E-state index contributed by atoms with van der Waals surface area (Å²) >= 11 is 0. The van der Waals surface area contributed by atoms with E-state index in [0.29, 0.717) is 0 Å². The first-order chi connectivity index (χ1) is 9.49. The summed E-state index contributed by atoms with van der Waals surface area (Å²) in [6.45, 7) is -0.375. The summed E-state index contributed by atoms with van der Waals surface area (Å²) in [5.41, 5.74) is 0. The Balaban J connectivity index is 2.06. The second kappa shape index (κ2) is 6.89. The van der Waals surface area contributed by atoms with E-state index in [2.05, 4.69) is 0 Å². The topological polar surface area (TPSA) is 74.7 Å². The lowest BCUT2D eigenvalue weighted by atomic mass is 9.91. The van der Waals surface area contributed by atoms with Crippen LogP contribution in [-0.4, -0.2) is 42.1 Å². The average Bonchev–Trinajstić information content (AvgIpc) is 2.89. The van der Waals surface area contributed by atoms with Crippen LogP contribution in [-0.2, 0) is 14.8 Å². The standard InChI is InChI=1S/C14H25NO4S/c16-14(17)10-15(13-8-4-5-9-13)20(18,19)11-12-6-2-1-3-7-12/h12-13H,1-11H2,(H,16,17). The molecular weight excluding hydrogens is 278 g/mol. The predicted octanol–water partition coefficient (Wildman–Crippen LogP) is 2.23. The van der Waals surface area contributed by atoms with E-state index in [1.54, 1.807) is 0 Å². The molecule has 0 unspecified atom stereocenters. The van der Waals surface area contributed by atoms with Gasteiger partial charge in [0.15, 0.2) is 0 Å². The van der Waals surface area contributed by atoms with E-state index in [1.807, 2.05) is 0 Å². The summed E-state index contributed by atoms with van der Waals surface area (Å²) in [6, 6.07) is -0.0975. The van der Waals surface area contributed by atoms with E-state index in [9.17, 15) is 13.2 Å². The molecule has 0 atom stereocenters. The molecule has 20 heavy (non-hydrogen) atoms. The van der Waals surface area contributed by atoms with Gasteiger partial charge < -0.3 is 5.11 Å². The highest BCUT2D eigenvalue weighted by Gasteiger charge is 2.35. The number of aliphatic carboxylic acids is 1.